The van der Waals surface area contributed by atoms with E-state index in [0.29, 0.717) is 6.04 Å². The van der Waals surface area contributed by atoms with Crippen molar-refractivity contribution in [2.45, 2.75) is 71.2 Å². The minimum atomic E-state index is -0.103. The molecule has 1 fully saturated rings. The van der Waals surface area contributed by atoms with E-state index in [1.54, 1.807) is 11.3 Å². The smallest absolute Gasteiger partial charge is 0.107 e. The third kappa shape index (κ3) is 3.11. The molecule has 2 heterocycles. The van der Waals surface area contributed by atoms with Gasteiger partial charge < -0.3 is 10.1 Å². The predicted octanol–water partition coefficient (Wildman–Crippen LogP) is 3.14. The number of aromatic nitrogens is 1. The van der Waals surface area contributed by atoms with Gasteiger partial charge >= 0.3 is 0 Å². The fraction of sp³-hybridized carbons (Fsp3) is 0.786. The zero-order valence-corrected chi connectivity index (χ0v) is 12.9. The first kappa shape index (κ1) is 14.0. The van der Waals surface area contributed by atoms with E-state index in [4.69, 9.17) is 4.74 Å². The minimum absolute atomic E-state index is 0.0291. The van der Waals surface area contributed by atoms with Crippen molar-refractivity contribution in [1.29, 1.82) is 0 Å². The summed E-state index contributed by atoms with van der Waals surface area (Å²) in [5, 5.41) is 4.78. The summed E-state index contributed by atoms with van der Waals surface area (Å²) in [6, 6.07) is 0.390. The molecule has 1 unspecified atom stereocenters. The zero-order chi connectivity index (χ0) is 13.4. The van der Waals surface area contributed by atoms with E-state index in [2.05, 4.69) is 44.9 Å². The Morgan fingerprint density at radius 2 is 2.17 bits per heavy atom. The van der Waals surface area contributed by atoms with Crippen LogP contribution in [0.5, 0.6) is 0 Å². The van der Waals surface area contributed by atoms with Crippen molar-refractivity contribution in [3.63, 3.8) is 0 Å². The Labute approximate surface area is 114 Å². The summed E-state index contributed by atoms with van der Waals surface area (Å²) in [6.45, 7) is 11.7. The van der Waals surface area contributed by atoms with Crippen molar-refractivity contribution in [1.82, 2.24) is 10.3 Å². The van der Waals surface area contributed by atoms with Gasteiger partial charge in [0.05, 0.1) is 11.2 Å². The highest BCUT2D eigenvalue weighted by Gasteiger charge is 2.45. The summed E-state index contributed by atoms with van der Waals surface area (Å²) in [5.41, 5.74) is -0.132. The Hall–Kier alpha value is -0.450. The minimum Gasteiger partial charge on any atom is -0.368 e. The van der Waals surface area contributed by atoms with E-state index >= 15 is 0 Å². The van der Waals surface area contributed by atoms with Crippen LogP contribution in [0.1, 0.15) is 50.9 Å². The first-order valence-electron chi connectivity index (χ1n) is 6.69. The number of aryl methyl sites for hydroxylation is 1. The van der Waals surface area contributed by atoms with E-state index < -0.39 is 0 Å². The molecule has 0 aliphatic carbocycles. The van der Waals surface area contributed by atoms with Gasteiger partial charge in [-0.2, -0.15) is 0 Å². The Morgan fingerprint density at radius 1 is 1.44 bits per heavy atom. The molecule has 1 aromatic heterocycles. The summed E-state index contributed by atoms with van der Waals surface area (Å²) in [4.78, 5) is 5.80. The van der Waals surface area contributed by atoms with Gasteiger partial charge in [0.25, 0.3) is 0 Å². The van der Waals surface area contributed by atoms with Gasteiger partial charge in [-0.05, 0) is 40.5 Å². The van der Waals surface area contributed by atoms with E-state index in [-0.39, 0.29) is 11.2 Å². The van der Waals surface area contributed by atoms with Crippen molar-refractivity contribution < 1.29 is 4.74 Å². The molecular weight excluding hydrogens is 244 g/mol. The molecular formula is C14H24N2OS. The summed E-state index contributed by atoms with van der Waals surface area (Å²) in [5.74, 6) is 0. The molecule has 18 heavy (non-hydrogen) atoms. The van der Waals surface area contributed by atoms with Gasteiger partial charge in [-0.3, -0.25) is 0 Å². The van der Waals surface area contributed by atoms with Crippen LogP contribution in [0, 0.1) is 0 Å². The van der Waals surface area contributed by atoms with Crippen molar-refractivity contribution >= 4 is 11.3 Å². The molecule has 0 amide bonds. The van der Waals surface area contributed by atoms with Crippen LogP contribution in [0.15, 0.2) is 6.20 Å². The molecule has 1 aromatic rings. The van der Waals surface area contributed by atoms with Crippen LogP contribution in [-0.2, 0) is 17.7 Å². The normalized spacial score (nSPS) is 25.5. The molecule has 1 aliphatic heterocycles. The monoisotopic (exact) mass is 268 g/mol. The van der Waals surface area contributed by atoms with E-state index in [9.17, 15) is 0 Å². The fourth-order valence-electron chi connectivity index (χ4n) is 2.68. The summed E-state index contributed by atoms with van der Waals surface area (Å²) < 4.78 is 6.08. The lowest BCUT2D eigenvalue weighted by atomic mass is 9.94. The second-order valence-corrected chi connectivity index (χ2v) is 7.38. The van der Waals surface area contributed by atoms with Crippen molar-refractivity contribution in [3.05, 3.63) is 16.1 Å². The third-order valence-corrected chi connectivity index (χ3v) is 4.67. The van der Waals surface area contributed by atoms with Gasteiger partial charge in [-0.25, -0.2) is 4.98 Å². The van der Waals surface area contributed by atoms with Gasteiger partial charge in [0, 0.05) is 23.7 Å². The maximum Gasteiger partial charge on any atom is 0.107 e. The van der Waals surface area contributed by atoms with Crippen LogP contribution in [0.2, 0.25) is 0 Å². The summed E-state index contributed by atoms with van der Waals surface area (Å²) >= 11 is 1.80. The largest absolute Gasteiger partial charge is 0.368 e. The Balaban J connectivity index is 1.94. The molecule has 0 radical (unpaired) electrons. The first-order chi connectivity index (χ1) is 8.32. The molecule has 0 aromatic carbocycles. The zero-order valence-electron chi connectivity index (χ0n) is 12.0. The Bertz CT molecular complexity index is 412. The molecule has 4 heteroatoms. The van der Waals surface area contributed by atoms with Crippen LogP contribution in [0.4, 0.5) is 0 Å². The Morgan fingerprint density at radius 3 is 2.67 bits per heavy atom. The van der Waals surface area contributed by atoms with Crippen LogP contribution in [0.25, 0.3) is 0 Å². The fourth-order valence-corrected chi connectivity index (χ4v) is 3.50. The van der Waals surface area contributed by atoms with Crippen molar-refractivity contribution in [2.75, 3.05) is 0 Å². The summed E-state index contributed by atoms with van der Waals surface area (Å²) in [6.07, 6.45) is 4.11. The molecule has 102 valence electrons. The number of hydrogen-bond donors (Lipinski definition) is 1. The molecule has 2 rings (SSSR count). The standard InChI is InChI=1S/C14H24N2OS/c1-6-10-8-16-12(18-10)9-15-11-7-13(2,3)17-14(11,4)5/h8,11,15H,6-7,9H2,1-5H3. The highest BCUT2D eigenvalue weighted by Crippen LogP contribution is 2.37. The second-order valence-electron chi connectivity index (χ2n) is 6.18. The second kappa shape index (κ2) is 4.91. The number of rotatable bonds is 4. The topological polar surface area (TPSA) is 34.2 Å². The van der Waals surface area contributed by atoms with Crippen LogP contribution >= 0.6 is 11.3 Å². The van der Waals surface area contributed by atoms with Crippen LogP contribution in [0.3, 0.4) is 0 Å². The van der Waals surface area contributed by atoms with Crippen LogP contribution < -0.4 is 5.32 Å². The van der Waals surface area contributed by atoms with Gasteiger partial charge in [-0.1, -0.05) is 6.92 Å². The third-order valence-electron chi connectivity index (χ3n) is 3.52. The molecule has 1 atom stereocenters. The average molecular weight is 268 g/mol. The molecule has 1 N–H and O–H groups in total. The molecule has 0 bridgehead atoms. The summed E-state index contributed by atoms with van der Waals surface area (Å²) in [7, 11) is 0. The maximum atomic E-state index is 6.08. The number of hydrogen-bond acceptors (Lipinski definition) is 4. The van der Waals surface area contributed by atoms with Gasteiger partial charge in [0.2, 0.25) is 0 Å². The number of ether oxygens (including phenoxy) is 1. The lowest BCUT2D eigenvalue weighted by molar-refractivity contribution is -0.0699. The maximum absolute atomic E-state index is 6.08. The van der Waals surface area contributed by atoms with E-state index in [1.165, 1.54) is 9.88 Å². The number of nitrogens with one attached hydrogen (secondary N) is 1. The molecule has 1 aliphatic rings. The number of nitrogens with zero attached hydrogens (tertiary/aromatic N) is 1. The van der Waals surface area contributed by atoms with Crippen molar-refractivity contribution in [3.8, 4) is 0 Å². The SMILES string of the molecule is CCc1cnc(CNC2CC(C)(C)OC2(C)C)s1. The van der Waals surface area contributed by atoms with Gasteiger partial charge in [-0.15, -0.1) is 11.3 Å². The first-order valence-corrected chi connectivity index (χ1v) is 7.51. The Kier molecular flexibility index (Phi) is 3.81. The molecule has 3 nitrogen and oxygen atoms in total. The van der Waals surface area contributed by atoms with Gasteiger partial charge in [0.15, 0.2) is 0 Å². The lowest BCUT2D eigenvalue weighted by Gasteiger charge is -2.27. The van der Waals surface area contributed by atoms with Crippen LogP contribution in [-0.4, -0.2) is 22.2 Å². The molecule has 1 saturated heterocycles. The molecule has 0 saturated carbocycles. The van der Waals surface area contributed by atoms with E-state index in [0.717, 1.165) is 19.4 Å². The van der Waals surface area contributed by atoms with E-state index in [1.807, 2.05) is 6.20 Å². The van der Waals surface area contributed by atoms with Crippen molar-refractivity contribution in [2.24, 2.45) is 0 Å². The number of thiazole rings is 1. The average Bonchev–Trinajstić information content (AvgIpc) is 2.77. The highest BCUT2D eigenvalue weighted by atomic mass is 32.1. The van der Waals surface area contributed by atoms with Gasteiger partial charge in [0.1, 0.15) is 5.01 Å². The lowest BCUT2D eigenvalue weighted by Crippen LogP contribution is -2.42. The highest BCUT2D eigenvalue weighted by molar-refractivity contribution is 7.11. The molecule has 0 spiro atoms. The predicted molar refractivity (Wildman–Crippen MR) is 76.0 cm³/mol. The quantitative estimate of drug-likeness (QED) is 0.911.